The van der Waals surface area contributed by atoms with Crippen LogP contribution in [0.2, 0.25) is 0 Å². The van der Waals surface area contributed by atoms with Gasteiger partial charge in [0.25, 0.3) is 0 Å². The van der Waals surface area contributed by atoms with Crippen molar-refractivity contribution in [3.8, 4) is 0 Å². The van der Waals surface area contributed by atoms with E-state index in [0.717, 1.165) is 0 Å². The van der Waals surface area contributed by atoms with Crippen LogP contribution in [0.15, 0.2) is 0 Å². The fourth-order valence-electron chi connectivity index (χ4n) is 3.03. The number of carbonyl (C=O) groups excluding carboxylic acids is 3. The summed E-state index contributed by atoms with van der Waals surface area (Å²) >= 11 is 0. The summed E-state index contributed by atoms with van der Waals surface area (Å²) in [5.74, 6) is -1.70. The van der Waals surface area contributed by atoms with Crippen LogP contribution in [0.25, 0.3) is 0 Å². The average Bonchev–Trinajstić information content (AvgIpc) is 2.56. The van der Waals surface area contributed by atoms with E-state index in [1.54, 1.807) is 25.7 Å². The SMILES string of the molecule is CC(C)C[C@H](NC(=O)OC(C)(C)C)C(=O)N1CCC(C(=O)NCC(=O)O)CC1. The molecule has 1 fully saturated rings. The van der Waals surface area contributed by atoms with Gasteiger partial charge in [-0.25, -0.2) is 4.79 Å². The van der Waals surface area contributed by atoms with Crippen molar-refractivity contribution < 1.29 is 29.0 Å². The molecule has 0 saturated carbocycles. The highest BCUT2D eigenvalue weighted by Crippen LogP contribution is 2.19. The summed E-state index contributed by atoms with van der Waals surface area (Å²) in [6.45, 7) is 9.56. The van der Waals surface area contributed by atoms with Crippen molar-refractivity contribution in [2.24, 2.45) is 11.8 Å². The van der Waals surface area contributed by atoms with Crippen LogP contribution in [0.5, 0.6) is 0 Å². The molecule has 9 heteroatoms. The monoisotopic (exact) mass is 399 g/mol. The molecule has 1 rings (SSSR count). The van der Waals surface area contributed by atoms with Crippen molar-refractivity contribution >= 4 is 23.9 Å². The molecule has 0 spiro atoms. The van der Waals surface area contributed by atoms with Gasteiger partial charge >= 0.3 is 12.1 Å². The number of alkyl carbamates (subject to hydrolysis) is 1. The van der Waals surface area contributed by atoms with Crippen LogP contribution < -0.4 is 10.6 Å². The van der Waals surface area contributed by atoms with Crippen LogP contribution >= 0.6 is 0 Å². The Bertz CT molecular complexity index is 577. The zero-order valence-corrected chi connectivity index (χ0v) is 17.4. The van der Waals surface area contributed by atoms with Gasteiger partial charge in [-0.15, -0.1) is 0 Å². The summed E-state index contributed by atoms with van der Waals surface area (Å²) in [5, 5.41) is 13.7. The molecule has 1 heterocycles. The van der Waals surface area contributed by atoms with E-state index in [2.05, 4.69) is 10.6 Å². The molecular formula is C19H33N3O6. The zero-order chi connectivity index (χ0) is 21.5. The van der Waals surface area contributed by atoms with E-state index in [1.165, 1.54) is 0 Å². The molecule has 1 aliphatic rings. The third-order valence-electron chi connectivity index (χ3n) is 4.29. The van der Waals surface area contributed by atoms with E-state index in [-0.39, 0.29) is 23.7 Å². The normalized spacial score (nSPS) is 16.4. The molecule has 0 radical (unpaired) electrons. The molecular weight excluding hydrogens is 366 g/mol. The lowest BCUT2D eigenvalue weighted by Gasteiger charge is -2.34. The van der Waals surface area contributed by atoms with Gasteiger partial charge in [0.1, 0.15) is 18.2 Å². The first-order valence-electron chi connectivity index (χ1n) is 9.67. The molecule has 3 amide bonds. The predicted molar refractivity (Wildman–Crippen MR) is 103 cm³/mol. The van der Waals surface area contributed by atoms with Crippen LogP contribution in [0.1, 0.15) is 53.9 Å². The standard InChI is InChI=1S/C19H33N3O6/c1-12(2)10-14(21-18(27)28-19(3,4)5)17(26)22-8-6-13(7-9-22)16(25)20-11-15(23)24/h12-14H,6-11H2,1-5H3,(H,20,25)(H,21,27)(H,23,24)/t14-/m0/s1. The summed E-state index contributed by atoms with van der Waals surface area (Å²) in [7, 11) is 0. The Balaban J connectivity index is 2.64. The highest BCUT2D eigenvalue weighted by molar-refractivity contribution is 5.86. The second-order valence-electron chi connectivity index (χ2n) is 8.54. The Labute approximate surface area is 166 Å². The maximum absolute atomic E-state index is 12.9. The van der Waals surface area contributed by atoms with Crippen LogP contribution in [0.3, 0.4) is 0 Å². The number of ether oxygens (including phenoxy) is 1. The van der Waals surface area contributed by atoms with Crippen molar-refractivity contribution in [2.45, 2.75) is 65.5 Å². The van der Waals surface area contributed by atoms with Gasteiger partial charge in [0.15, 0.2) is 0 Å². The largest absolute Gasteiger partial charge is 0.480 e. The Hall–Kier alpha value is -2.32. The molecule has 28 heavy (non-hydrogen) atoms. The lowest BCUT2D eigenvalue weighted by atomic mass is 9.94. The smallest absolute Gasteiger partial charge is 0.408 e. The van der Waals surface area contributed by atoms with Crippen molar-refractivity contribution in [3.63, 3.8) is 0 Å². The summed E-state index contributed by atoms with van der Waals surface area (Å²) in [4.78, 5) is 49.2. The number of nitrogens with one attached hydrogen (secondary N) is 2. The number of amides is 3. The van der Waals surface area contributed by atoms with Gasteiger partial charge in [-0.1, -0.05) is 13.8 Å². The number of likely N-dealkylation sites (tertiary alicyclic amines) is 1. The van der Waals surface area contributed by atoms with Crippen molar-refractivity contribution in [3.05, 3.63) is 0 Å². The number of aliphatic carboxylic acids is 1. The Kier molecular flexibility index (Phi) is 8.71. The summed E-state index contributed by atoms with van der Waals surface area (Å²) in [6, 6.07) is -0.688. The van der Waals surface area contributed by atoms with E-state index in [4.69, 9.17) is 9.84 Å². The molecule has 1 aliphatic heterocycles. The fraction of sp³-hybridized carbons (Fsp3) is 0.789. The number of carbonyl (C=O) groups is 4. The second-order valence-corrected chi connectivity index (χ2v) is 8.54. The number of nitrogens with zero attached hydrogens (tertiary/aromatic N) is 1. The third kappa shape index (κ3) is 8.58. The van der Waals surface area contributed by atoms with Crippen molar-refractivity contribution in [2.75, 3.05) is 19.6 Å². The predicted octanol–water partition coefficient (Wildman–Crippen LogP) is 1.37. The van der Waals surface area contributed by atoms with E-state index in [9.17, 15) is 19.2 Å². The number of hydrogen-bond acceptors (Lipinski definition) is 5. The summed E-state index contributed by atoms with van der Waals surface area (Å²) in [5.41, 5.74) is -0.656. The molecule has 1 saturated heterocycles. The molecule has 3 N–H and O–H groups in total. The van der Waals surface area contributed by atoms with Gasteiger partial charge in [0, 0.05) is 19.0 Å². The quantitative estimate of drug-likeness (QED) is 0.594. The number of rotatable bonds is 7. The van der Waals surface area contributed by atoms with Crippen molar-refractivity contribution in [1.82, 2.24) is 15.5 Å². The van der Waals surface area contributed by atoms with Gasteiger partial charge in [0.05, 0.1) is 0 Å². The summed E-state index contributed by atoms with van der Waals surface area (Å²) < 4.78 is 5.26. The topological polar surface area (TPSA) is 125 Å². The van der Waals surface area contributed by atoms with Gasteiger partial charge < -0.3 is 25.4 Å². The lowest BCUT2D eigenvalue weighted by Crippen LogP contribution is -2.52. The van der Waals surface area contributed by atoms with E-state index >= 15 is 0 Å². The Morgan fingerprint density at radius 3 is 2.18 bits per heavy atom. The minimum atomic E-state index is -1.09. The lowest BCUT2D eigenvalue weighted by molar-refractivity contribution is -0.139. The van der Waals surface area contributed by atoms with E-state index in [0.29, 0.717) is 32.4 Å². The highest BCUT2D eigenvalue weighted by Gasteiger charge is 2.32. The minimum Gasteiger partial charge on any atom is -0.480 e. The zero-order valence-electron chi connectivity index (χ0n) is 17.4. The van der Waals surface area contributed by atoms with Crippen LogP contribution in [0, 0.1) is 11.8 Å². The fourth-order valence-corrected chi connectivity index (χ4v) is 3.03. The first-order valence-corrected chi connectivity index (χ1v) is 9.67. The first kappa shape index (κ1) is 23.7. The summed E-state index contributed by atoms with van der Waals surface area (Å²) in [6.07, 6.45) is 0.766. The van der Waals surface area contributed by atoms with E-state index < -0.39 is 30.3 Å². The van der Waals surface area contributed by atoms with Crippen LogP contribution in [-0.2, 0) is 19.1 Å². The molecule has 0 aromatic heterocycles. The number of piperidine rings is 1. The molecule has 0 aromatic rings. The molecule has 1 atom stereocenters. The van der Waals surface area contributed by atoms with Crippen molar-refractivity contribution in [1.29, 1.82) is 0 Å². The number of carboxylic acids is 1. The maximum atomic E-state index is 12.9. The highest BCUT2D eigenvalue weighted by atomic mass is 16.6. The second kappa shape index (κ2) is 10.3. The Morgan fingerprint density at radius 2 is 1.71 bits per heavy atom. The average molecular weight is 399 g/mol. The molecule has 0 bridgehead atoms. The number of carboxylic acid groups (broad SMARTS) is 1. The Morgan fingerprint density at radius 1 is 1.14 bits per heavy atom. The molecule has 160 valence electrons. The molecule has 0 aliphatic carbocycles. The van der Waals surface area contributed by atoms with Gasteiger partial charge in [-0.3, -0.25) is 14.4 Å². The van der Waals surface area contributed by atoms with Gasteiger partial charge in [-0.05, 0) is 46.0 Å². The first-order chi connectivity index (χ1) is 12.9. The third-order valence-corrected chi connectivity index (χ3v) is 4.29. The molecule has 0 unspecified atom stereocenters. The maximum Gasteiger partial charge on any atom is 0.408 e. The molecule has 9 nitrogen and oxygen atoms in total. The van der Waals surface area contributed by atoms with Crippen LogP contribution in [0.4, 0.5) is 4.79 Å². The number of hydrogen-bond donors (Lipinski definition) is 3. The van der Waals surface area contributed by atoms with Gasteiger partial charge in [-0.2, -0.15) is 0 Å². The van der Waals surface area contributed by atoms with Crippen LogP contribution in [-0.4, -0.2) is 65.2 Å². The minimum absolute atomic E-state index is 0.191. The van der Waals surface area contributed by atoms with Gasteiger partial charge in [0.2, 0.25) is 11.8 Å². The van der Waals surface area contributed by atoms with E-state index in [1.807, 2.05) is 13.8 Å². The molecule has 0 aromatic carbocycles.